The van der Waals surface area contributed by atoms with Crippen LogP contribution < -0.4 is 11.5 Å². The van der Waals surface area contributed by atoms with Gasteiger partial charge in [0.1, 0.15) is 0 Å². The molecule has 0 bridgehead atoms. The topological polar surface area (TPSA) is 69.1 Å². The Kier molecular flexibility index (Phi) is 8.99. The Hall–Kier alpha value is -0.0600. The predicted molar refractivity (Wildman–Crippen MR) is 54.0 cm³/mol. The molecule has 0 aromatic rings. The van der Waals surface area contributed by atoms with E-state index in [1.165, 1.54) is 11.8 Å². The van der Waals surface area contributed by atoms with Gasteiger partial charge >= 0.3 is 0 Å². The largest absolute Gasteiger partial charge is 0.330 e. The van der Waals surface area contributed by atoms with E-state index in [2.05, 4.69) is 0 Å². The molecule has 0 aromatic heterocycles. The number of rotatable bonds is 7. The van der Waals surface area contributed by atoms with Crippen LogP contribution >= 0.6 is 11.8 Å². The fraction of sp³-hybridized carbons (Fsp3) is 0.875. The Morgan fingerprint density at radius 1 is 1.08 bits per heavy atom. The molecule has 0 saturated heterocycles. The average Bonchev–Trinajstić information content (AvgIpc) is 2.09. The summed E-state index contributed by atoms with van der Waals surface area (Å²) in [5.74, 6) is 0.746. The second-order valence-electron chi connectivity index (χ2n) is 2.61. The van der Waals surface area contributed by atoms with E-state index in [4.69, 9.17) is 11.5 Å². The summed E-state index contributed by atoms with van der Waals surface area (Å²) >= 11 is 1.34. The maximum Gasteiger partial charge on any atom is 0.188 e. The van der Waals surface area contributed by atoms with E-state index in [-0.39, 0.29) is 5.12 Å². The fourth-order valence-electron chi connectivity index (χ4n) is 0.835. The van der Waals surface area contributed by atoms with Crippen molar-refractivity contribution in [3.63, 3.8) is 0 Å². The lowest BCUT2D eigenvalue weighted by Crippen LogP contribution is -2.04. The molecule has 0 unspecified atom stereocenters. The van der Waals surface area contributed by atoms with Gasteiger partial charge < -0.3 is 11.5 Å². The monoisotopic (exact) mass is 190 g/mol. The van der Waals surface area contributed by atoms with Gasteiger partial charge in [-0.1, -0.05) is 18.2 Å². The number of nitrogens with two attached hydrogens (primary N) is 2. The highest BCUT2D eigenvalue weighted by atomic mass is 32.2. The zero-order chi connectivity index (χ0) is 9.23. The highest BCUT2D eigenvalue weighted by Gasteiger charge is 2.00. The third-order valence-electron chi connectivity index (χ3n) is 1.47. The van der Waals surface area contributed by atoms with Crippen LogP contribution in [0, 0.1) is 0 Å². The Morgan fingerprint density at radius 2 is 1.83 bits per heavy atom. The highest BCUT2D eigenvalue weighted by molar-refractivity contribution is 8.13. The molecule has 0 saturated carbocycles. The van der Waals surface area contributed by atoms with Gasteiger partial charge in [-0.15, -0.1) is 0 Å². The van der Waals surface area contributed by atoms with Crippen molar-refractivity contribution in [2.24, 2.45) is 11.5 Å². The molecule has 0 heterocycles. The van der Waals surface area contributed by atoms with Crippen LogP contribution in [0.25, 0.3) is 0 Å². The van der Waals surface area contributed by atoms with Crippen LogP contribution in [0.2, 0.25) is 0 Å². The van der Waals surface area contributed by atoms with Crippen LogP contribution in [0.5, 0.6) is 0 Å². The van der Waals surface area contributed by atoms with E-state index >= 15 is 0 Å². The minimum atomic E-state index is 0.262. The van der Waals surface area contributed by atoms with Gasteiger partial charge in [0.25, 0.3) is 0 Å². The molecule has 0 aliphatic rings. The Balaban J connectivity index is 3.08. The molecule has 0 aromatic carbocycles. The minimum Gasteiger partial charge on any atom is -0.330 e. The second-order valence-corrected chi connectivity index (χ2v) is 3.76. The van der Waals surface area contributed by atoms with Crippen LogP contribution in [-0.2, 0) is 4.79 Å². The van der Waals surface area contributed by atoms with Gasteiger partial charge in [0.15, 0.2) is 5.12 Å². The second kappa shape index (κ2) is 9.03. The van der Waals surface area contributed by atoms with Gasteiger partial charge in [-0.25, -0.2) is 0 Å². The van der Waals surface area contributed by atoms with Crippen LogP contribution in [-0.4, -0.2) is 24.0 Å². The van der Waals surface area contributed by atoms with Gasteiger partial charge in [0.05, 0.1) is 0 Å². The maximum absolute atomic E-state index is 11.0. The van der Waals surface area contributed by atoms with Crippen molar-refractivity contribution in [1.82, 2.24) is 0 Å². The van der Waals surface area contributed by atoms with Gasteiger partial charge in [-0.05, 0) is 19.4 Å². The Bertz CT molecular complexity index is 120. The number of carbonyl (C=O) groups excluding carboxylic acids is 1. The maximum atomic E-state index is 11.0. The first-order valence-electron chi connectivity index (χ1n) is 4.37. The first kappa shape index (κ1) is 11.9. The van der Waals surface area contributed by atoms with Crippen molar-refractivity contribution >= 4 is 16.9 Å². The summed E-state index contributed by atoms with van der Waals surface area (Å²) in [7, 11) is 0. The predicted octanol–water partition coefficient (Wildman–Crippen LogP) is 0.724. The van der Waals surface area contributed by atoms with Crippen molar-refractivity contribution < 1.29 is 4.79 Å². The summed E-state index contributed by atoms with van der Waals surface area (Å²) in [5, 5.41) is 0.262. The summed E-state index contributed by atoms with van der Waals surface area (Å²) in [5.41, 5.74) is 10.6. The minimum absolute atomic E-state index is 0.262. The molecule has 4 N–H and O–H groups in total. The van der Waals surface area contributed by atoms with Gasteiger partial charge in [-0.3, -0.25) is 4.79 Å². The number of thioether (sulfide) groups is 1. The van der Waals surface area contributed by atoms with Gasteiger partial charge in [0, 0.05) is 18.7 Å². The lowest BCUT2D eigenvalue weighted by Gasteiger charge is -1.98. The zero-order valence-electron chi connectivity index (χ0n) is 7.42. The first-order valence-corrected chi connectivity index (χ1v) is 5.35. The number of unbranched alkanes of at least 4 members (excludes halogenated alkanes) is 2. The zero-order valence-corrected chi connectivity index (χ0v) is 8.24. The highest BCUT2D eigenvalue weighted by Crippen LogP contribution is 2.08. The van der Waals surface area contributed by atoms with E-state index < -0.39 is 0 Å². The SMILES string of the molecule is NCCCCCC(=O)SCCN. The van der Waals surface area contributed by atoms with Crippen molar-refractivity contribution in [2.45, 2.75) is 25.7 Å². The molecule has 0 radical (unpaired) electrons. The van der Waals surface area contributed by atoms with Crippen molar-refractivity contribution in [2.75, 3.05) is 18.8 Å². The standard InChI is InChI=1S/C8H18N2OS/c9-5-3-1-2-4-8(11)12-7-6-10/h1-7,9-10H2. The summed E-state index contributed by atoms with van der Waals surface area (Å²) < 4.78 is 0. The number of hydrogen-bond donors (Lipinski definition) is 2. The number of carbonyl (C=O) groups is 1. The van der Waals surface area contributed by atoms with E-state index in [0.717, 1.165) is 31.6 Å². The summed E-state index contributed by atoms with van der Waals surface area (Å²) in [6.45, 7) is 1.31. The third kappa shape index (κ3) is 8.04. The third-order valence-corrected chi connectivity index (χ3v) is 2.43. The summed E-state index contributed by atoms with van der Waals surface area (Å²) in [6.07, 6.45) is 3.72. The van der Waals surface area contributed by atoms with Crippen LogP contribution in [0.15, 0.2) is 0 Å². The molecule has 0 spiro atoms. The summed E-state index contributed by atoms with van der Waals surface area (Å²) in [4.78, 5) is 11.0. The molecule has 0 aliphatic carbocycles. The normalized spacial score (nSPS) is 10.2. The fourth-order valence-corrected chi connectivity index (χ4v) is 1.47. The van der Waals surface area contributed by atoms with Gasteiger partial charge in [0.2, 0.25) is 0 Å². The number of hydrogen-bond acceptors (Lipinski definition) is 4. The summed E-state index contributed by atoms with van der Waals surface area (Å²) in [6, 6.07) is 0. The van der Waals surface area contributed by atoms with E-state index in [0.29, 0.717) is 13.0 Å². The first-order chi connectivity index (χ1) is 5.81. The molecule has 0 aliphatic heterocycles. The Morgan fingerprint density at radius 3 is 2.42 bits per heavy atom. The molecule has 12 heavy (non-hydrogen) atoms. The average molecular weight is 190 g/mol. The molecule has 3 nitrogen and oxygen atoms in total. The molecule has 0 amide bonds. The van der Waals surface area contributed by atoms with E-state index in [9.17, 15) is 4.79 Å². The molecule has 4 heteroatoms. The van der Waals surface area contributed by atoms with Crippen LogP contribution in [0.4, 0.5) is 0 Å². The van der Waals surface area contributed by atoms with Gasteiger partial charge in [-0.2, -0.15) is 0 Å². The van der Waals surface area contributed by atoms with Crippen LogP contribution in [0.3, 0.4) is 0 Å². The smallest absolute Gasteiger partial charge is 0.188 e. The molecular formula is C8H18N2OS. The van der Waals surface area contributed by atoms with Crippen LogP contribution in [0.1, 0.15) is 25.7 Å². The van der Waals surface area contributed by atoms with Crippen molar-refractivity contribution in [3.05, 3.63) is 0 Å². The quantitative estimate of drug-likeness (QED) is 0.580. The molecule has 0 rings (SSSR count). The molecule has 72 valence electrons. The van der Waals surface area contributed by atoms with Crippen molar-refractivity contribution in [3.8, 4) is 0 Å². The Labute approximate surface area is 78.3 Å². The molecule has 0 fully saturated rings. The molecule has 0 atom stereocenters. The van der Waals surface area contributed by atoms with E-state index in [1.807, 2.05) is 0 Å². The van der Waals surface area contributed by atoms with Crippen molar-refractivity contribution in [1.29, 1.82) is 0 Å². The lowest BCUT2D eigenvalue weighted by atomic mass is 10.2. The lowest BCUT2D eigenvalue weighted by molar-refractivity contribution is -0.111. The van der Waals surface area contributed by atoms with E-state index in [1.54, 1.807) is 0 Å². The molecular weight excluding hydrogens is 172 g/mol.